The number of rotatable bonds is 4. The van der Waals surface area contributed by atoms with Gasteiger partial charge in [-0.2, -0.15) is 5.10 Å². The summed E-state index contributed by atoms with van der Waals surface area (Å²) in [5.41, 5.74) is 9.66. The fourth-order valence-corrected chi connectivity index (χ4v) is 4.58. The number of benzene rings is 1. The molecule has 4 aromatic rings. The standard InChI is InChI=1S/C20H18N6O2S/c21-18-14(19-25-15-3-1-2-4-17(15)29-19)5-11(7-23-18)12-8-24-26(10-12)13-6-16(20(27)28)22-9-13/h1-5,7-8,10,13,16,22H,6,9H2,(H2,21,23)(H,27,28)/t13-,16-/m0/s1. The number of nitrogens with zero attached hydrogens (tertiary/aromatic N) is 4. The Hall–Kier alpha value is -3.30. The van der Waals surface area contributed by atoms with Gasteiger partial charge in [-0.15, -0.1) is 11.3 Å². The summed E-state index contributed by atoms with van der Waals surface area (Å²) in [5, 5.41) is 17.4. The Kier molecular flexibility index (Phi) is 4.26. The maximum absolute atomic E-state index is 11.2. The molecule has 0 radical (unpaired) electrons. The normalized spacial score (nSPS) is 19.0. The van der Waals surface area contributed by atoms with Crippen LogP contribution in [-0.2, 0) is 4.79 Å². The summed E-state index contributed by atoms with van der Waals surface area (Å²) in [6, 6.07) is 9.43. The Labute approximate surface area is 170 Å². The smallest absolute Gasteiger partial charge is 0.320 e. The van der Waals surface area contributed by atoms with Crippen LogP contribution in [0.1, 0.15) is 12.5 Å². The fraction of sp³-hybridized carbons (Fsp3) is 0.200. The van der Waals surface area contributed by atoms with Crippen LogP contribution in [-0.4, -0.2) is 43.4 Å². The van der Waals surface area contributed by atoms with Crippen molar-refractivity contribution >= 4 is 33.3 Å². The van der Waals surface area contributed by atoms with Crippen molar-refractivity contribution in [3.63, 3.8) is 0 Å². The molecule has 29 heavy (non-hydrogen) atoms. The van der Waals surface area contributed by atoms with E-state index in [0.29, 0.717) is 18.8 Å². The highest BCUT2D eigenvalue weighted by Crippen LogP contribution is 2.35. The van der Waals surface area contributed by atoms with E-state index in [-0.39, 0.29) is 6.04 Å². The molecule has 3 aromatic heterocycles. The van der Waals surface area contributed by atoms with E-state index in [1.54, 1.807) is 23.7 Å². The van der Waals surface area contributed by atoms with E-state index in [4.69, 9.17) is 10.8 Å². The largest absolute Gasteiger partial charge is 0.480 e. The molecule has 0 saturated carbocycles. The minimum Gasteiger partial charge on any atom is -0.480 e. The molecule has 146 valence electrons. The molecule has 4 heterocycles. The summed E-state index contributed by atoms with van der Waals surface area (Å²) in [4.78, 5) is 20.2. The molecule has 2 atom stereocenters. The zero-order valence-electron chi connectivity index (χ0n) is 15.3. The van der Waals surface area contributed by atoms with Gasteiger partial charge in [0.2, 0.25) is 0 Å². The predicted molar refractivity (Wildman–Crippen MR) is 112 cm³/mol. The van der Waals surface area contributed by atoms with E-state index < -0.39 is 12.0 Å². The van der Waals surface area contributed by atoms with E-state index >= 15 is 0 Å². The number of nitrogen functional groups attached to an aromatic ring is 1. The molecule has 9 heteroatoms. The Morgan fingerprint density at radius 2 is 2.14 bits per heavy atom. The second-order valence-corrected chi connectivity index (χ2v) is 8.07. The van der Waals surface area contributed by atoms with Gasteiger partial charge in [0, 0.05) is 30.1 Å². The van der Waals surface area contributed by atoms with Crippen molar-refractivity contribution in [2.24, 2.45) is 0 Å². The molecular weight excluding hydrogens is 388 g/mol. The summed E-state index contributed by atoms with van der Waals surface area (Å²) >= 11 is 1.58. The molecule has 1 aliphatic heterocycles. The fourth-order valence-electron chi connectivity index (χ4n) is 3.59. The number of pyridine rings is 1. The van der Waals surface area contributed by atoms with Gasteiger partial charge in [-0.05, 0) is 24.6 Å². The zero-order chi connectivity index (χ0) is 20.0. The van der Waals surface area contributed by atoms with Crippen LogP contribution in [0.25, 0.3) is 31.9 Å². The van der Waals surface area contributed by atoms with Crippen LogP contribution in [0.5, 0.6) is 0 Å². The van der Waals surface area contributed by atoms with Crippen LogP contribution in [0.15, 0.2) is 48.9 Å². The van der Waals surface area contributed by atoms with Gasteiger partial charge in [0.1, 0.15) is 16.9 Å². The summed E-state index contributed by atoms with van der Waals surface area (Å²) in [7, 11) is 0. The lowest BCUT2D eigenvalue weighted by molar-refractivity contribution is -0.139. The first kappa shape index (κ1) is 17.8. The number of hydrogen-bond donors (Lipinski definition) is 3. The molecule has 4 N–H and O–H groups in total. The molecule has 0 aliphatic carbocycles. The summed E-state index contributed by atoms with van der Waals surface area (Å²) in [6.07, 6.45) is 5.92. The molecule has 1 saturated heterocycles. The number of carboxylic acids is 1. The monoisotopic (exact) mass is 406 g/mol. The van der Waals surface area contributed by atoms with Crippen LogP contribution in [0.2, 0.25) is 0 Å². The van der Waals surface area contributed by atoms with Gasteiger partial charge in [0.05, 0.1) is 28.0 Å². The Morgan fingerprint density at radius 1 is 1.28 bits per heavy atom. The summed E-state index contributed by atoms with van der Waals surface area (Å²) < 4.78 is 2.92. The molecular formula is C20H18N6O2S. The lowest BCUT2D eigenvalue weighted by atomic mass is 10.1. The van der Waals surface area contributed by atoms with Gasteiger partial charge in [-0.3, -0.25) is 9.48 Å². The van der Waals surface area contributed by atoms with Gasteiger partial charge < -0.3 is 16.2 Å². The maximum atomic E-state index is 11.2. The number of para-hydroxylation sites is 1. The Morgan fingerprint density at radius 3 is 2.93 bits per heavy atom. The van der Waals surface area contributed by atoms with Crippen molar-refractivity contribution < 1.29 is 9.90 Å². The number of carboxylic acid groups (broad SMARTS) is 1. The first-order chi connectivity index (χ1) is 14.1. The van der Waals surface area contributed by atoms with E-state index in [1.807, 2.05) is 41.2 Å². The Balaban J connectivity index is 1.46. The number of anilines is 1. The molecule has 0 amide bonds. The number of fused-ring (bicyclic) bond motifs is 1. The number of thiazole rings is 1. The molecule has 5 rings (SSSR count). The molecule has 1 aromatic carbocycles. The van der Waals surface area contributed by atoms with Gasteiger partial charge in [0.25, 0.3) is 0 Å². The first-order valence-electron chi connectivity index (χ1n) is 9.20. The molecule has 0 bridgehead atoms. The van der Waals surface area contributed by atoms with Crippen LogP contribution >= 0.6 is 11.3 Å². The van der Waals surface area contributed by atoms with Crippen LogP contribution in [0, 0.1) is 0 Å². The predicted octanol–water partition coefficient (Wildman–Crippen LogP) is 2.79. The van der Waals surface area contributed by atoms with Crippen LogP contribution in [0.3, 0.4) is 0 Å². The third kappa shape index (κ3) is 3.24. The average Bonchev–Trinajstić information content (AvgIpc) is 3.46. The molecule has 0 unspecified atom stereocenters. The quantitative estimate of drug-likeness (QED) is 0.477. The number of aromatic nitrogens is 4. The van der Waals surface area contributed by atoms with Gasteiger partial charge in [-0.25, -0.2) is 9.97 Å². The van der Waals surface area contributed by atoms with Crippen molar-refractivity contribution in [3.05, 3.63) is 48.9 Å². The van der Waals surface area contributed by atoms with E-state index in [1.165, 1.54) is 0 Å². The average molecular weight is 406 g/mol. The third-order valence-electron chi connectivity index (χ3n) is 5.16. The minimum absolute atomic E-state index is 0.00956. The molecule has 8 nitrogen and oxygen atoms in total. The summed E-state index contributed by atoms with van der Waals surface area (Å²) in [6.45, 7) is 0.578. The van der Waals surface area contributed by atoms with Gasteiger partial charge in [0.15, 0.2) is 0 Å². The second kappa shape index (κ2) is 6.94. The zero-order valence-corrected chi connectivity index (χ0v) is 16.1. The Bertz CT molecular complexity index is 1180. The SMILES string of the molecule is Nc1ncc(-c2cnn([C@@H]3CN[C@H](C(=O)O)C3)c2)cc1-c1nc2ccccc2s1. The summed E-state index contributed by atoms with van der Waals surface area (Å²) in [5.74, 6) is -0.396. The van der Waals surface area contributed by atoms with E-state index in [0.717, 1.165) is 31.9 Å². The number of nitrogens with two attached hydrogens (primary N) is 1. The maximum Gasteiger partial charge on any atom is 0.320 e. The van der Waals surface area contributed by atoms with Crippen molar-refractivity contribution in [3.8, 4) is 21.7 Å². The van der Waals surface area contributed by atoms with Crippen molar-refractivity contribution in [1.82, 2.24) is 25.1 Å². The van der Waals surface area contributed by atoms with Gasteiger partial charge in [-0.1, -0.05) is 12.1 Å². The second-order valence-electron chi connectivity index (χ2n) is 7.04. The topological polar surface area (TPSA) is 119 Å². The third-order valence-corrected chi connectivity index (χ3v) is 6.23. The van der Waals surface area contributed by atoms with Gasteiger partial charge >= 0.3 is 5.97 Å². The van der Waals surface area contributed by atoms with Crippen molar-refractivity contribution in [1.29, 1.82) is 0 Å². The van der Waals surface area contributed by atoms with Crippen molar-refractivity contribution in [2.45, 2.75) is 18.5 Å². The first-order valence-corrected chi connectivity index (χ1v) is 10.0. The number of carbonyl (C=O) groups is 1. The molecule has 0 spiro atoms. The lowest BCUT2D eigenvalue weighted by Gasteiger charge is -2.08. The van der Waals surface area contributed by atoms with Crippen molar-refractivity contribution in [2.75, 3.05) is 12.3 Å². The van der Waals surface area contributed by atoms with E-state index in [9.17, 15) is 4.79 Å². The molecule has 1 aliphatic rings. The minimum atomic E-state index is -0.830. The number of aliphatic carboxylic acids is 1. The highest BCUT2D eigenvalue weighted by Gasteiger charge is 2.30. The van der Waals surface area contributed by atoms with E-state index in [2.05, 4.69) is 20.4 Å². The number of nitrogens with one attached hydrogen (secondary N) is 1. The lowest BCUT2D eigenvalue weighted by Crippen LogP contribution is -2.29. The van der Waals surface area contributed by atoms with Crippen LogP contribution in [0.4, 0.5) is 5.82 Å². The highest BCUT2D eigenvalue weighted by molar-refractivity contribution is 7.21. The highest BCUT2D eigenvalue weighted by atomic mass is 32.1. The van der Waals surface area contributed by atoms with Crippen LogP contribution < -0.4 is 11.1 Å². The molecule has 1 fully saturated rings. The number of hydrogen-bond acceptors (Lipinski definition) is 7.